The second-order valence-electron chi connectivity index (χ2n) is 7.42. The van der Waals surface area contributed by atoms with E-state index in [1.54, 1.807) is 36.4 Å². The molecular formula is C21H22N2O4S2. The topological polar surface area (TPSA) is 92.3 Å². The van der Waals surface area contributed by atoms with Crippen molar-refractivity contribution < 1.29 is 18.0 Å². The molecule has 1 heterocycles. The van der Waals surface area contributed by atoms with E-state index in [1.165, 1.54) is 11.8 Å². The third-order valence-electron chi connectivity index (χ3n) is 4.91. The van der Waals surface area contributed by atoms with Gasteiger partial charge >= 0.3 is 0 Å². The Hall–Kier alpha value is -2.32. The van der Waals surface area contributed by atoms with Crippen molar-refractivity contribution in [1.82, 2.24) is 5.32 Å². The highest BCUT2D eigenvalue weighted by atomic mass is 32.2. The van der Waals surface area contributed by atoms with Crippen molar-refractivity contribution in [3.05, 3.63) is 59.7 Å². The van der Waals surface area contributed by atoms with Crippen LogP contribution < -0.4 is 10.6 Å². The van der Waals surface area contributed by atoms with Crippen molar-refractivity contribution in [3.63, 3.8) is 0 Å². The predicted octanol–water partition coefficient (Wildman–Crippen LogP) is 3.11. The van der Waals surface area contributed by atoms with Crippen molar-refractivity contribution in [1.29, 1.82) is 0 Å². The Morgan fingerprint density at radius 2 is 1.76 bits per heavy atom. The number of rotatable bonds is 6. The first kappa shape index (κ1) is 20.0. The van der Waals surface area contributed by atoms with Gasteiger partial charge in [-0.25, -0.2) is 8.42 Å². The summed E-state index contributed by atoms with van der Waals surface area (Å²) in [5.74, 6) is -0.0729. The molecule has 2 N–H and O–H groups in total. The maximum atomic E-state index is 12.9. The molecule has 29 heavy (non-hydrogen) atoms. The van der Waals surface area contributed by atoms with E-state index in [0.717, 1.165) is 17.7 Å². The van der Waals surface area contributed by atoms with Crippen LogP contribution in [-0.2, 0) is 9.84 Å². The van der Waals surface area contributed by atoms with Crippen LogP contribution in [0.3, 0.4) is 0 Å². The van der Waals surface area contributed by atoms with Gasteiger partial charge in [-0.15, -0.1) is 11.8 Å². The Kier molecular flexibility index (Phi) is 5.65. The van der Waals surface area contributed by atoms with Gasteiger partial charge in [0, 0.05) is 27.4 Å². The molecule has 1 saturated carbocycles. The highest BCUT2D eigenvalue weighted by Gasteiger charge is 2.29. The Morgan fingerprint density at radius 3 is 2.48 bits per heavy atom. The average molecular weight is 431 g/mol. The smallest absolute Gasteiger partial charge is 0.256 e. The lowest BCUT2D eigenvalue weighted by Crippen LogP contribution is -2.25. The zero-order valence-corrected chi connectivity index (χ0v) is 17.4. The molecule has 1 atom stereocenters. The zero-order valence-electron chi connectivity index (χ0n) is 15.8. The summed E-state index contributed by atoms with van der Waals surface area (Å²) in [4.78, 5) is 25.8. The second kappa shape index (κ2) is 8.20. The third-order valence-corrected chi connectivity index (χ3v) is 8.24. The van der Waals surface area contributed by atoms with E-state index in [4.69, 9.17) is 0 Å². The normalized spacial score (nSPS) is 20.2. The first-order chi connectivity index (χ1) is 13.9. The summed E-state index contributed by atoms with van der Waals surface area (Å²) in [5, 5.41) is 5.75. The highest BCUT2D eigenvalue weighted by Crippen LogP contribution is 2.33. The summed E-state index contributed by atoms with van der Waals surface area (Å²) in [6, 6.07) is 14.3. The number of hydrogen-bond donors (Lipinski definition) is 2. The quantitative estimate of drug-likeness (QED) is 0.735. The van der Waals surface area contributed by atoms with Crippen molar-refractivity contribution in [2.45, 2.75) is 35.4 Å². The van der Waals surface area contributed by atoms with Gasteiger partial charge in [-0.2, -0.15) is 0 Å². The van der Waals surface area contributed by atoms with Crippen LogP contribution in [0.1, 0.15) is 40.0 Å². The van der Waals surface area contributed by atoms with E-state index in [1.807, 2.05) is 12.1 Å². The fraction of sp³-hybridized carbons (Fsp3) is 0.333. The molecule has 8 heteroatoms. The summed E-state index contributed by atoms with van der Waals surface area (Å²) in [7, 11) is -2.97. The monoisotopic (exact) mass is 430 g/mol. The molecule has 0 bridgehead atoms. The fourth-order valence-corrected chi connectivity index (χ4v) is 6.85. The predicted molar refractivity (Wildman–Crippen MR) is 114 cm³/mol. The highest BCUT2D eigenvalue weighted by molar-refractivity contribution is 8.02. The Balaban J connectivity index is 1.47. The van der Waals surface area contributed by atoms with Crippen molar-refractivity contribution in [2.75, 3.05) is 16.8 Å². The number of thioether (sulfide) groups is 1. The summed E-state index contributed by atoms with van der Waals surface area (Å²) >= 11 is 1.44. The lowest BCUT2D eigenvalue weighted by atomic mass is 10.1. The van der Waals surface area contributed by atoms with Crippen molar-refractivity contribution >= 4 is 39.1 Å². The minimum atomic E-state index is -2.97. The van der Waals surface area contributed by atoms with Crippen LogP contribution in [0.2, 0.25) is 0 Å². The molecule has 2 aromatic rings. The molecule has 1 aliphatic carbocycles. The largest absolute Gasteiger partial charge is 0.349 e. The molecule has 1 saturated heterocycles. The van der Waals surface area contributed by atoms with Crippen LogP contribution in [0, 0.1) is 0 Å². The SMILES string of the molecule is O=C(NC1CC1)c1cccc(NC(=O)c2ccccc2SC2CCS(=O)(=O)C2)c1. The van der Waals surface area contributed by atoms with E-state index in [2.05, 4.69) is 10.6 Å². The van der Waals surface area contributed by atoms with Crippen molar-refractivity contribution in [2.24, 2.45) is 0 Å². The van der Waals surface area contributed by atoms with E-state index < -0.39 is 9.84 Å². The molecule has 1 unspecified atom stereocenters. The molecule has 6 nitrogen and oxygen atoms in total. The molecule has 0 spiro atoms. The standard InChI is InChI=1S/C21H22N2O4S2/c24-20(22-15-8-9-15)14-4-3-5-16(12-14)23-21(25)18-6-1-2-7-19(18)28-17-10-11-29(26,27)13-17/h1-7,12,15,17H,8-11,13H2,(H,22,24)(H,23,25). The number of carbonyl (C=O) groups excluding carboxylic acids is 2. The molecule has 2 fully saturated rings. The molecule has 2 aliphatic rings. The number of nitrogens with one attached hydrogen (secondary N) is 2. The number of anilines is 1. The van der Waals surface area contributed by atoms with Gasteiger partial charge in [0.15, 0.2) is 9.84 Å². The van der Waals surface area contributed by atoms with Crippen LogP contribution >= 0.6 is 11.8 Å². The minimum Gasteiger partial charge on any atom is -0.349 e. The van der Waals surface area contributed by atoms with Crippen LogP contribution in [0.25, 0.3) is 0 Å². The maximum Gasteiger partial charge on any atom is 0.256 e. The van der Waals surface area contributed by atoms with Gasteiger partial charge in [-0.3, -0.25) is 9.59 Å². The summed E-state index contributed by atoms with van der Waals surface area (Å²) in [6.45, 7) is 0. The molecule has 1 aliphatic heterocycles. The first-order valence-electron chi connectivity index (χ1n) is 9.58. The lowest BCUT2D eigenvalue weighted by Gasteiger charge is -2.13. The molecular weight excluding hydrogens is 408 g/mol. The van der Waals surface area contributed by atoms with Gasteiger partial charge in [0.25, 0.3) is 11.8 Å². The van der Waals surface area contributed by atoms with Gasteiger partial charge < -0.3 is 10.6 Å². The van der Waals surface area contributed by atoms with Crippen LogP contribution in [0.15, 0.2) is 53.4 Å². The second-order valence-corrected chi connectivity index (χ2v) is 11.0. The van der Waals surface area contributed by atoms with Crippen LogP contribution in [0.5, 0.6) is 0 Å². The summed E-state index contributed by atoms with van der Waals surface area (Å²) in [5.41, 5.74) is 1.55. The zero-order chi connectivity index (χ0) is 20.4. The van der Waals surface area contributed by atoms with Gasteiger partial charge in [0.1, 0.15) is 0 Å². The molecule has 4 rings (SSSR count). The molecule has 152 valence electrons. The van der Waals surface area contributed by atoms with Crippen LogP contribution in [-0.4, -0.2) is 43.0 Å². The Labute approximate surface area is 174 Å². The first-order valence-corrected chi connectivity index (χ1v) is 12.3. The Bertz CT molecular complexity index is 1050. The maximum absolute atomic E-state index is 12.9. The summed E-state index contributed by atoms with van der Waals surface area (Å²) in [6.07, 6.45) is 2.62. The minimum absolute atomic E-state index is 0.0385. The third kappa shape index (κ3) is 5.19. The van der Waals surface area contributed by atoms with E-state index in [0.29, 0.717) is 23.2 Å². The fourth-order valence-electron chi connectivity index (χ4n) is 3.22. The van der Waals surface area contributed by atoms with Gasteiger partial charge in [-0.1, -0.05) is 18.2 Å². The average Bonchev–Trinajstić information content (AvgIpc) is 3.44. The molecule has 2 amide bonds. The Morgan fingerprint density at radius 1 is 0.966 bits per heavy atom. The number of carbonyl (C=O) groups is 2. The van der Waals surface area contributed by atoms with Gasteiger partial charge in [0.05, 0.1) is 17.1 Å². The number of amides is 2. The molecule has 2 aromatic carbocycles. The number of sulfone groups is 1. The van der Waals surface area contributed by atoms with Crippen molar-refractivity contribution in [3.8, 4) is 0 Å². The van der Waals surface area contributed by atoms with E-state index >= 15 is 0 Å². The van der Waals surface area contributed by atoms with E-state index in [9.17, 15) is 18.0 Å². The van der Waals surface area contributed by atoms with Crippen LogP contribution in [0.4, 0.5) is 5.69 Å². The summed E-state index contributed by atoms with van der Waals surface area (Å²) < 4.78 is 23.4. The number of hydrogen-bond acceptors (Lipinski definition) is 5. The van der Waals surface area contributed by atoms with E-state index in [-0.39, 0.29) is 34.6 Å². The number of benzene rings is 2. The van der Waals surface area contributed by atoms with Gasteiger partial charge in [-0.05, 0) is 49.6 Å². The lowest BCUT2D eigenvalue weighted by molar-refractivity contribution is 0.0949. The van der Waals surface area contributed by atoms with Gasteiger partial charge in [0.2, 0.25) is 0 Å². The molecule has 0 radical (unpaired) electrons. The molecule has 0 aromatic heterocycles.